The first-order valence-electron chi connectivity index (χ1n) is 13.5. The van der Waals surface area contributed by atoms with Crippen LogP contribution in [-0.4, -0.2) is 5.78 Å². The molecule has 0 aromatic heterocycles. The van der Waals surface area contributed by atoms with Crippen LogP contribution in [0, 0.1) is 56.7 Å². The predicted octanol–water partition coefficient (Wildman–Crippen LogP) is 8.23. The van der Waals surface area contributed by atoms with Gasteiger partial charge in [-0.1, -0.05) is 53.7 Å². The minimum atomic E-state index is -0.131. The molecule has 0 bridgehead atoms. The Morgan fingerprint density at radius 3 is 2.19 bits per heavy atom. The highest BCUT2D eigenvalue weighted by atomic mass is 16.1. The Labute approximate surface area is 192 Å². The van der Waals surface area contributed by atoms with Gasteiger partial charge in [0.1, 0.15) is 5.78 Å². The van der Waals surface area contributed by atoms with Crippen LogP contribution in [0.4, 0.5) is 0 Å². The van der Waals surface area contributed by atoms with E-state index in [2.05, 4.69) is 55.0 Å². The molecular weight excluding hydrogens is 376 g/mol. The van der Waals surface area contributed by atoms with Crippen molar-refractivity contribution in [2.75, 3.05) is 0 Å². The minimum Gasteiger partial charge on any atom is -0.299 e. The second kappa shape index (κ2) is 6.50. The van der Waals surface area contributed by atoms with E-state index in [9.17, 15) is 4.79 Å². The smallest absolute Gasteiger partial charge is 0.138 e. The van der Waals surface area contributed by atoms with E-state index >= 15 is 0 Å². The Bertz CT molecular complexity index is 807. The quantitative estimate of drug-likeness (QED) is 0.387. The molecule has 5 fully saturated rings. The number of hydrogen-bond acceptors (Lipinski definition) is 1. The molecule has 0 radical (unpaired) electrons. The SMILES string of the molecule is C=C(C)[C@@H]1CC[C@]2(C)CC[C@]3(C)C(CC[C@@H]4[C@@]5(C)CCC(=O)C(C)(C)C5CC[C@]43C)C12. The Morgan fingerprint density at radius 1 is 0.806 bits per heavy atom. The van der Waals surface area contributed by atoms with Gasteiger partial charge in [0.15, 0.2) is 0 Å². The molecule has 0 amide bonds. The molecule has 0 saturated heterocycles. The maximum Gasteiger partial charge on any atom is 0.138 e. The predicted molar refractivity (Wildman–Crippen MR) is 130 cm³/mol. The minimum absolute atomic E-state index is 0.131. The molecule has 0 aromatic rings. The molecule has 5 aliphatic carbocycles. The molecule has 5 aliphatic rings. The number of Topliss-reactive ketones (excluding diaryl/α,β-unsaturated/α-hetero) is 1. The highest BCUT2D eigenvalue weighted by Crippen LogP contribution is 2.77. The Hall–Kier alpha value is -0.590. The number of ketones is 1. The van der Waals surface area contributed by atoms with Crippen LogP contribution in [0.1, 0.15) is 113 Å². The Morgan fingerprint density at radius 2 is 1.52 bits per heavy atom. The molecule has 31 heavy (non-hydrogen) atoms. The van der Waals surface area contributed by atoms with Gasteiger partial charge in [-0.2, -0.15) is 0 Å². The molecule has 0 heterocycles. The fraction of sp³-hybridized carbons (Fsp3) is 0.900. The van der Waals surface area contributed by atoms with Gasteiger partial charge in [0.05, 0.1) is 0 Å². The molecule has 5 rings (SSSR count). The summed E-state index contributed by atoms with van der Waals surface area (Å²) in [6.45, 7) is 22.0. The van der Waals surface area contributed by atoms with Crippen molar-refractivity contribution in [3.8, 4) is 0 Å². The fourth-order valence-electron chi connectivity index (χ4n) is 11.3. The van der Waals surface area contributed by atoms with Gasteiger partial charge < -0.3 is 0 Å². The van der Waals surface area contributed by atoms with E-state index < -0.39 is 0 Å². The highest BCUT2D eigenvalue weighted by molar-refractivity contribution is 5.85. The van der Waals surface area contributed by atoms with E-state index in [1.54, 1.807) is 0 Å². The largest absolute Gasteiger partial charge is 0.299 e. The van der Waals surface area contributed by atoms with Crippen LogP contribution in [0.3, 0.4) is 0 Å². The Kier molecular flexibility index (Phi) is 4.66. The summed E-state index contributed by atoms with van der Waals surface area (Å²) in [6, 6.07) is 0. The number of fused-ring (bicyclic) bond motifs is 7. The number of hydrogen-bond donors (Lipinski definition) is 0. The number of carbonyl (C=O) groups excluding carboxylic acids is 1. The van der Waals surface area contributed by atoms with Crippen molar-refractivity contribution in [1.29, 1.82) is 0 Å². The zero-order valence-electron chi connectivity index (χ0n) is 21.6. The molecule has 0 N–H and O–H groups in total. The summed E-state index contributed by atoms with van der Waals surface area (Å²) >= 11 is 0. The molecule has 1 nitrogen and oxygen atoms in total. The average Bonchev–Trinajstić information content (AvgIpc) is 3.04. The first kappa shape index (κ1) is 22.2. The summed E-state index contributed by atoms with van der Waals surface area (Å²) in [6.07, 6.45) is 13.0. The maximum absolute atomic E-state index is 12.9. The summed E-state index contributed by atoms with van der Waals surface area (Å²) in [5.74, 6) is 4.33. The second-order valence-corrected chi connectivity index (χ2v) is 14.5. The van der Waals surface area contributed by atoms with E-state index in [1.807, 2.05) is 0 Å². The van der Waals surface area contributed by atoms with Gasteiger partial charge in [0.25, 0.3) is 0 Å². The third-order valence-electron chi connectivity index (χ3n) is 13.2. The Balaban J connectivity index is 1.55. The van der Waals surface area contributed by atoms with E-state index in [1.165, 1.54) is 56.9 Å². The summed E-state index contributed by atoms with van der Waals surface area (Å²) in [5, 5.41) is 0. The lowest BCUT2D eigenvalue weighted by atomic mass is 9.32. The van der Waals surface area contributed by atoms with Gasteiger partial charge in [-0.25, -0.2) is 0 Å². The zero-order valence-corrected chi connectivity index (χ0v) is 21.6. The van der Waals surface area contributed by atoms with Crippen LogP contribution in [-0.2, 0) is 4.79 Å². The second-order valence-electron chi connectivity index (χ2n) is 14.5. The van der Waals surface area contributed by atoms with E-state index in [0.29, 0.717) is 33.4 Å². The molecule has 174 valence electrons. The van der Waals surface area contributed by atoms with Crippen molar-refractivity contribution in [2.45, 2.75) is 113 Å². The monoisotopic (exact) mass is 424 g/mol. The van der Waals surface area contributed by atoms with E-state index in [0.717, 1.165) is 36.5 Å². The molecule has 3 unspecified atom stereocenters. The van der Waals surface area contributed by atoms with Crippen molar-refractivity contribution in [3.63, 3.8) is 0 Å². The molecule has 5 saturated carbocycles. The molecule has 0 aliphatic heterocycles. The van der Waals surface area contributed by atoms with Gasteiger partial charge in [0, 0.05) is 11.8 Å². The van der Waals surface area contributed by atoms with Crippen molar-refractivity contribution in [3.05, 3.63) is 12.2 Å². The summed E-state index contributed by atoms with van der Waals surface area (Å²) in [5.41, 5.74) is 3.06. The number of carbonyl (C=O) groups is 1. The number of rotatable bonds is 1. The van der Waals surface area contributed by atoms with Crippen LogP contribution in [0.2, 0.25) is 0 Å². The average molecular weight is 425 g/mol. The van der Waals surface area contributed by atoms with E-state index in [-0.39, 0.29) is 5.41 Å². The van der Waals surface area contributed by atoms with Crippen molar-refractivity contribution in [1.82, 2.24) is 0 Å². The maximum atomic E-state index is 12.9. The van der Waals surface area contributed by atoms with Crippen LogP contribution in [0.15, 0.2) is 12.2 Å². The van der Waals surface area contributed by atoms with Crippen LogP contribution in [0.25, 0.3) is 0 Å². The van der Waals surface area contributed by atoms with Gasteiger partial charge in [0.2, 0.25) is 0 Å². The van der Waals surface area contributed by atoms with Crippen LogP contribution < -0.4 is 0 Å². The summed E-state index contributed by atoms with van der Waals surface area (Å²) < 4.78 is 0. The fourth-order valence-corrected chi connectivity index (χ4v) is 11.3. The normalized spacial score (nSPS) is 55.6. The molecule has 9 atom stereocenters. The van der Waals surface area contributed by atoms with Crippen molar-refractivity contribution in [2.24, 2.45) is 56.7 Å². The molecule has 1 heteroatoms. The van der Waals surface area contributed by atoms with Crippen molar-refractivity contribution >= 4 is 5.78 Å². The molecule has 0 spiro atoms. The highest BCUT2D eigenvalue weighted by Gasteiger charge is 2.70. The lowest BCUT2D eigenvalue weighted by Gasteiger charge is -2.72. The molecular formula is C30H48O. The number of allylic oxidation sites excluding steroid dienone is 1. The topological polar surface area (TPSA) is 17.1 Å². The van der Waals surface area contributed by atoms with Gasteiger partial charge in [-0.05, 0) is 116 Å². The summed E-state index contributed by atoms with van der Waals surface area (Å²) in [7, 11) is 0. The lowest BCUT2D eigenvalue weighted by Crippen LogP contribution is -2.66. The standard InChI is InChI=1S/C30H48O/c1-19(2)20-11-14-27(5)17-18-29(7)21(25(20)27)9-10-23-28(6)15-13-24(31)26(3,4)22(28)12-16-30(23,29)8/h20-23,25H,1,9-18H2,2-8H3/t20-,21?,22?,23+,25?,27+,28-,29+,30+/m0/s1. The van der Waals surface area contributed by atoms with E-state index in [4.69, 9.17) is 0 Å². The van der Waals surface area contributed by atoms with Gasteiger partial charge in [-0.15, -0.1) is 0 Å². The third-order valence-corrected chi connectivity index (χ3v) is 13.2. The van der Waals surface area contributed by atoms with Gasteiger partial charge in [-0.3, -0.25) is 4.79 Å². The lowest BCUT2D eigenvalue weighted by molar-refractivity contribution is -0.232. The zero-order chi connectivity index (χ0) is 22.6. The van der Waals surface area contributed by atoms with Crippen LogP contribution in [0.5, 0.6) is 0 Å². The van der Waals surface area contributed by atoms with Crippen molar-refractivity contribution < 1.29 is 4.79 Å². The van der Waals surface area contributed by atoms with Crippen LogP contribution >= 0.6 is 0 Å². The molecule has 0 aromatic carbocycles. The third kappa shape index (κ3) is 2.59. The summed E-state index contributed by atoms with van der Waals surface area (Å²) in [4.78, 5) is 12.9. The van der Waals surface area contributed by atoms with Gasteiger partial charge >= 0.3 is 0 Å². The first-order chi connectivity index (χ1) is 14.3. The first-order valence-corrected chi connectivity index (χ1v) is 13.5.